The van der Waals surface area contributed by atoms with Crippen LogP contribution in [0.3, 0.4) is 0 Å². The second-order valence-electron chi connectivity index (χ2n) is 9.54. The van der Waals surface area contributed by atoms with Gasteiger partial charge < -0.3 is 9.47 Å². The Morgan fingerprint density at radius 1 is 1.06 bits per heavy atom. The van der Waals surface area contributed by atoms with Crippen LogP contribution in [-0.4, -0.2) is 18.2 Å². The highest BCUT2D eigenvalue weighted by molar-refractivity contribution is 7.43. The molecule has 0 N–H and O–H groups in total. The number of benzene rings is 2. The number of esters is 1. The van der Waals surface area contributed by atoms with Crippen molar-refractivity contribution in [2.45, 2.75) is 65.9 Å². The lowest BCUT2D eigenvalue weighted by atomic mass is 10.1. The first-order valence-electron chi connectivity index (χ1n) is 11.7. The fourth-order valence-corrected chi connectivity index (χ4v) is 6.86. The molecule has 3 aromatic rings. The standard InChI is InChI=1S/C29H33O3S/c1-20-16-24(33-19-22(3)25-12-8-9-13-26(25)33)17-21(2)28(20)31-18-27(30)32-29(4,5)15-14-23-10-6-7-11-23/h8-9,12-13,16-17,19,23H,6-7,10-11,18H2,1-5H3/q+1. The predicted molar refractivity (Wildman–Crippen MR) is 137 cm³/mol. The Bertz CT molecular complexity index is 1210. The quantitative estimate of drug-likeness (QED) is 0.226. The van der Waals surface area contributed by atoms with Gasteiger partial charge >= 0.3 is 5.97 Å². The van der Waals surface area contributed by atoms with Gasteiger partial charge in [0.05, 0.1) is 0 Å². The first-order valence-corrected chi connectivity index (χ1v) is 13.0. The SMILES string of the molecule is Cc1cc(-[s+]2cc(C)c3ccccc32)cc(C)c1OCC(=O)OC(C)(C)C#CC1CCCC1. The van der Waals surface area contributed by atoms with Crippen molar-refractivity contribution in [2.75, 3.05) is 6.61 Å². The van der Waals surface area contributed by atoms with Crippen LogP contribution in [-0.2, 0) is 9.53 Å². The molecule has 1 unspecified atom stereocenters. The molecule has 0 bridgehead atoms. The molecule has 1 atom stereocenters. The van der Waals surface area contributed by atoms with E-state index >= 15 is 0 Å². The Balaban J connectivity index is 1.45. The van der Waals surface area contributed by atoms with Crippen molar-refractivity contribution in [1.82, 2.24) is 0 Å². The van der Waals surface area contributed by atoms with Crippen molar-refractivity contribution in [3.63, 3.8) is 0 Å². The lowest BCUT2D eigenvalue weighted by Gasteiger charge is -2.20. The smallest absolute Gasteiger partial charge is 0.345 e. The number of rotatable bonds is 5. The van der Waals surface area contributed by atoms with E-state index in [1.165, 1.54) is 33.4 Å². The first-order chi connectivity index (χ1) is 15.7. The molecule has 3 nitrogen and oxygen atoms in total. The summed E-state index contributed by atoms with van der Waals surface area (Å²) < 4.78 is 12.9. The number of carbonyl (C=O) groups is 1. The lowest BCUT2D eigenvalue weighted by Crippen LogP contribution is -2.29. The Morgan fingerprint density at radius 2 is 1.73 bits per heavy atom. The summed E-state index contributed by atoms with van der Waals surface area (Å²) in [5.41, 5.74) is 2.58. The number of thiophene rings is 1. The fourth-order valence-electron chi connectivity index (χ4n) is 4.56. The third-order valence-corrected chi connectivity index (χ3v) is 8.33. The second-order valence-corrected chi connectivity index (χ2v) is 11.4. The summed E-state index contributed by atoms with van der Waals surface area (Å²) in [4.78, 5) is 13.7. The van der Waals surface area contributed by atoms with Crippen molar-refractivity contribution in [3.8, 4) is 22.5 Å². The Kier molecular flexibility index (Phi) is 6.81. The molecule has 1 aliphatic carbocycles. The lowest BCUT2D eigenvalue weighted by molar-refractivity contribution is -0.154. The van der Waals surface area contributed by atoms with Gasteiger partial charge in [0, 0.05) is 39.5 Å². The molecule has 4 heteroatoms. The third kappa shape index (κ3) is 5.42. The van der Waals surface area contributed by atoms with Gasteiger partial charge in [-0.05, 0) is 70.7 Å². The molecule has 4 rings (SSSR count). The Hall–Kier alpha value is -2.77. The van der Waals surface area contributed by atoms with Crippen LogP contribution in [0.1, 0.15) is 56.2 Å². The van der Waals surface area contributed by atoms with Crippen LogP contribution in [0.5, 0.6) is 5.75 Å². The topological polar surface area (TPSA) is 35.5 Å². The molecule has 1 fully saturated rings. The molecule has 0 amide bonds. The van der Waals surface area contributed by atoms with E-state index < -0.39 is 11.6 Å². The molecule has 2 aromatic carbocycles. The van der Waals surface area contributed by atoms with Crippen molar-refractivity contribution in [1.29, 1.82) is 0 Å². The van der Waals surface area contributed by atoms with Crippen LogP contribution >= 0.6 is 10.5 Å². The normalized spacial score (nSPS) is 14.8. The molecule has 1 saturated carbocycles. The minimum absolute atomic E-state index is 0.0788. The fraction of sp³-hybridized carbons (Fsp3) is 0.414. The van der Waals surface area contributed by atoms with E-state index in [0.717, 1.165) is 29.7 Å². The van der Waals surface area contributed by atoms with Crippen LogP contribution in [0.2, 0.25) is 0 Å². The minimum atomic E-state index is -0.807. The average Bonchev–Trinajstić information content (AvgIpc) is 3.40. The van der Waals surface area contributed by atoms with Gasteiger partial charge in [0.25, 0.3) is 0 Å². The molecule has 0 aliphatic heterocycles. The second kappa shape index (κ2) is 9.61. The van der Waals surface area contributed by atoms with E-state index in [-0.39, 0.29) is 17.1 Å². The maximum Gasteiger partial charge on any atom is 0.345 e. The monoisotopic (exact) mass is 461 g/mol. The summed E-state index contributed by atoms with van der Waals surface area (Å²) in [5, 5.41) is 3.68. The van der Waals surface area contributed by atoms with E-state index in [2.05, 4.69) is 60.5 Å². The van der Waals surface area contributed by atoms with Crippen LogP contribution in [0.25, 0.3) is 15.0 Å². The molecule has 0 spiro atoms. The van der Waals surface area contributed by atoms with Crippen LogP contribution in [0.4, 0.5) is 0 Å². The van der Waals surface area contributed by atoms with Gasteiger partial charge in [-0.15, -0.1) is 0 Å². The summed E-state index contributed by atoms with van der Waals surface area (Å²) in [6, 6.07) is 13.0. The zero-order chi connectivity index (χ0) is 23.6. The number of fused-ring (bicyclic) bond motifs is 1. The number of ether oxygens (including phenoxy) is 2. The summed E-state index contributed by atoms with van der Waals surface area (Å²) in [5.74, 6) is 7.24. The van der Waals surface area contributed by atoms with Gasteiger partial charge in [-0.3, -0.25) is 0 Å². The maximum atomic E-state index is 12.5. The van der Waals surface area contributed by atoms with Crippen molar-refractivity contribution < 1.29 is 14.3 Å². The highest BCUT2D eigenvalue weighted by Crippen LogP contribution is 2.44. The zero-order valence-electron chi connectivity index (χ0n) is 20.3. The van der Waals surface area contributed by atoms with E-state index in [1.54, 1.807) is 0 Å². The first kappa shape index (κ1) is 23.4. The van der Waals surface area contributed by atoms with Crippen molar-refractivity contribution in [3.05, 3.63) is 58.5 Å². The van der Waals surface area contributed by atoms with Gasteiger partial charge in [0.15, 0.2) is 21.8 Å². The summed E-state index contributed by atoms with van der Waals surface area (Å²) in [6.45, 7) is 9.81. The molecule has 33 heavy (non-hydrogen) atoms. The molecule has 0 radical (unpaired) electrons. The summed E-state index contributed by atoms with van der Waals surface area (Å²) in [6.07, 6.45) is 4.79. The van der Waals surface area contributed by atoms with Gasteiger partial charge in [0.1, 0.15) is 11.1 Å². The average molecular weight is 462 g/mol. The number of hydrogen-bond donors (Lipinski definition) is 0. The minimum Gasteiger partial charge on any atom is -0.481 e. The van der Waals surface area contributed by atoms with E-state index in [9.17, 15) is 4.79 Å². The molecular weight excluding hydrogens is 428 g/mol. The summed E-state index contributed by atoms with van der Waals surface area (Å²) >= 11 is 0. The number of hydrogen-bond acceptors (Lipinski definition) is 3. The van der Waals surface area contributed by atoms with Gasteiger partial charge in [-0.1, -0.05) is 36.8 Å². The number of carbonyl (C=O) groups excluding carboxylic acids is 1. The Morgan fingerprint density at radius 3 is 2.42 bits per heavy atom. The Labute approximate surface area is 200 Å². The zero-order valence-corrected chi connectivity index (χ0v) is 21.1. The highest BCUT2D eigenvalue weighted by Gasteiger charge is 2.23. The highest BCUT2D eigenvalue weighted by atomic mass is 32.2. The van der Waals surface area contributed by atoms with Crippen LogP contribution < -0.4 is 4.74 Å². The molecular formula is C29H33O3S+. The van der Waals surface area contributed by atoms with Crippen molar-refractivity contribution >= 4 is 26.5 Å². The van der Waals surface area contributed by atoms with Gasteiger partial charge in [-0.2, -0.15) is 0 Å². The summed E-state index contributed by atoms with van der Waals surface area (Å²) in [7, 11) is -0.0788. The van der Waals surface area contributed by atoms with E-state index in [1.807, 2.05) is 27.7 Å². The molecule has 0 saturated heterocycles. The molecule has 1 aliphatic rings. The molecule has 1 aromatic heterocycles. The van der Waals surface area contributed by atoms with E-state index in [0.29, 0.717) is 5.92 Å². The maximum absolute atomic E-state index is 12.5. The molecule has 1 heterocycles. The number of aryl methyl sites for hydroxylation is 3. The molecule has 172 valence electrons. The predicted octanol–water partition coefficient (Wildman–Crippen LogP) is 7.40. The van der Waals surface area contributed by atoms with Crippen LogP contribution in [0, 0.1) is 38.5 Å². The van der Waals surface area contributed by atoms with Gasteiger partial charge in [0.2, 0.25) is 0 Å². The van der Waals surface area contributed by atoms with Crippen LogP contribution in [0.15, 0.2) is 41.8 Å². The third-order valence-electron chi connectivity index (χ3n) is 6.17. The van der Waals surface area contributed by atoms with Gasteiger partial charge in [-0.25, -0.2) is 4.79 Å². The van der Waals surface area contributed by atoms with E-state index in [4.69, 9.17) is 9.47 Å². The largest absolute Gasteiger partial charge is 0.481 e. The van der Waals surface area contributed by atoms with Crippen molar-refractivity contribution in [2.24, 2.45) is 5.92 Å².